The average molecular weight is 364 g/mol. The number of benzene rings is 1. The number of nitrogens with zero attached hydrogens (tertiary/aromatic N) is 2. The van der Waals surface area contributed by atoms with Crippen molar-refractivity contribution in [1.82, 2.24) is 5.32 Å². The van der Waals surface area contributed by atoms with Gasteiger partial charge < -0.3 is 10.2 Å². The predicted molar refractivity (Wildman–Crippen MR) is 99.5 cm³/mol. The first-order valence-corrected chi connectivity index (χ1v) is 9.86. The van der Waals surface area contributed by atoms with Gasteiger partial charge in [-0.15, -0.1) is 0 Å². The zero-order chi connectivity index (χ0) is 17.2. The van der Waals surface area contributed by atoms with Crippen molar-refractivity contribution in [2.75, 3.05) is 36.0 Å². The first-order valence-electron chi connectivity index (χ1n) is 8.32. The fourth-order valence-electron chi connectivity index (χ4n) is 3.19. The van der Waals surface area contributed by atoms with Gasteiger partial charge in [0.05, 0.1) is 11.3 Å². The first-order chi connectivity index (χ1) is 11.5. The normalized spacial score (nSPS) is 20.1. The minimum Gasteiger partial charge on any atom is -0.370 e. The van der Waals surface area contributed by atoms with Crippen LogP contribution >= 0.6 is 23.4 Å². The summed E-state index contributed by atoms with van der Waals surface area (Å²) in [6.45, 7) is 4.42. The Hall–Kier alpha value is -1.38. The number of carbonyl (C=O) groups is 1. The van der Waals surface area contributed by atoms with E-state index in [9.17, 15) is 10.1 Å². The predicted octanol–water partition coefficient (Wildman–Crippen LogP) is 3.30. The summed E-state index contributed by atoms with van der Waals surface area (Å²) in [6.07, 6.45) is 1.59. The molecule has 2 aliphatic rings. The van der Waals surface area contributed by atoms with Crippen LogP contribution in [0.4, 0.5) is 5.69 Å². The summed E-state index contributed by atoms with van der Waals surface area (Å²) in [5.41, 5.74) is 1.20. The number of amides is 1. The number of thioether (sulfide) groups is 1. The van der Waals surface area contributed by atoms with Gasteiger partial charge in [-0.05, 0) is 48.5 Å². The summed E-state index contributed by atoms with van der Waals surface area (Å²) >= 11 is 7.91. The maximum atomic E-state index is 12.6. The summed E-state index contributed by atoms with van der Waals surface area (Å²) < 4.78 is 0. The molecule has 4 nitrogen and oxygen atoms in total. The van der Waals surface area contributed by atoms with Gasteiger partial charge in [0.1, 0.15) is 6.07 Å². The summed E-state index contributed by atoms with van der Waals surface area (Å²) in [6, 6.07) is 7.63. The Morgan fingerprint density at radius 3 is 2.75 bits per heavy atom. The third kappa shape index (κ3) is 3.65. The van der Waals surface area contributed by atoms with E-state index >= 15 is 0 Å². The van der Waals surface area contributed by atoms with Gasteiger partial charge in [0, 0.05) is 30.1 Å². The fraction of sp³-hybridized carbons (Fsp3) is 0.556. The van der Waals surface area contributed by atoms with Gasteiger partial charge in [-0.2, -0.15) is 17.0 Å². The number of halogens is 1. The smallest absolute Gasteiger partial charge is 0.226 e. The zero-order valence-corrected chi connectivity index (χ0v) is 15.4. The van der Waals surface area contributed by atoms with Crippen LogP contribution < -0.4 is 10.2 Å². The van der Waals surface area contributed by atoms with Crippen LogP contribution in [0, 0.1) is 22.7 Å². The number of carbonyl (C=O) groups excluding carboxylic acids is 1. The zero-order valence-electron chi connectivity index (χ0n) is 13.8. The van der Waals surface area contributed by atoms with Gasteiger partial charge in [-0.1, -0.05) is 18.5 Å². The Balaban J connectivity index is 1.60. The van der Waals surface area contributed by atoms with E-state index in [1.54, 1.807) is 6.07 Å². The molecule has 1 aromatic rings. The maximum Gasteiger partial charge on any atom is 0.226 e. The molecule has 2 saturated heterocycles. The van der Waals surface area contributed by atoms with Crippen molar-refractivity contribution in [3.8, 4) is 6.07 Å². The second kappa shape index (κ2) is 7.25. The lowest BCUT2D eigenvalue weighted by Crippen LogP contribution is -2.49. The van der Waals surface area contributed by atoms with Crippen LogP contribution in [0.3, 0.4) is 0 Å². The molecule has 0 aliphatic carbocycles. The highest BCUT2D eigenvalue weighted by Gasteiger charge is 2.37. The standard InChI is InChI=1S/C18H22ClN3OS/c1-18(17(23)21-10-13-11-24-12-13)4-6-22(7-5-18)16-3-2-15(19)8-14(16)9-20/h2-3,8,13H,4-7,10-12H2,1H3,(H,21,23). The van der Waals surface area contributed by atoms with E-state index in [1.807, 2.05) is 23.9 Å². The van der Waals surface area contributed by atoms with Gasteiger partial charge in [0.15, 0.2) is 0 Å². The Bertz CT molecular complexity index is 661. The van der Waals surface area contributed by atoms with E-state index in [4.69, 9.17) is 11.6 Å². The summed E-state index contributed by atoms with van der Waals surface area (Å²) in [5.74, 6) is 3.15. The second-order valence-electron chi connectivity index (χ2n) is 6.93. The first kappa shape index (κ1) is 17.4. The number of hydrogen-bond donors (Lipinski definition) is 1. The van der Waals surface area contributed by atoms with Crippen LogP contribution in [0.2, 0.25) is 5.02 Å². The Labute approximate surface area is 152 Å². The molecule has 0 radical (unpaired) electrons. The van der Waals surface area contributed by atoms with Gasteiger partial charge in [0.2, 0.25) is 5.91 Å². The lowest BCUT2D eigenvalue weighted by Gasteiger charge is -2.40. The third-order valence-corrected chi connectivity index (χ3v) is 6.74. The minimum absolute atomic E-state index is 0.177. The number of anilines is 1. The van der Waals surface area contributed by atoms with Crippen molar-refractivity contribution in [2.45, 2.75) is 19.8 Å². The molecular weight excluding hydrogens is 342 g/mol. The van der Waals surface area contributed by atoms with Crippen LogP contribution in [0.25, 0.3) is 0 Å². The molecular formula is C18H22ClN3OS. The van der Waals surface area contributed by atoms with Crippen molar-refractivity contribution < 1.29 is 4.79 Å². The average Bonchev–Trinajstić information content (AvgIpc) is 2.54. The summed E-state index contributed by atoms with van der Waals surface area (Å²) in [7, 11) is 0. The van der Waals surface area contributed by atoms with Crippen LogP contribution in [0.5, 0.6) is 0 Å². The van der Waals surface area contributed by atoms with Gasteiger partial charge in [0.25, 0.3) is 0 Å². The van der Waals surface area contributed by atoms with Crippen molar-refractivity contribution in [2.24, 2.45) is 11.3 Å². The molecule has 6 heteroatoms. The Kier molecular flexibility index (Phi) is 5.27. The molecule has 2 heterocycles. The Morgan fingerprint density at radius 1 is 1.46 bits per heavy atom. The van der Waals surface area contributed by atoms with Gasteiger partial charge in [-0.25, -0.2) is 0 Å². The summed E-state index contributed by atoms with van der Waals surface area (Å²) in [5, 5.41) is 13.0. The van der Waals surface area contributed by atoms with Crippen LogP contribution in [0.1, 0.15) is 25.3 Å². The van der Waals surface area contributed by atoms with E-state index in [1.165, 1.54) is 0 Å². The molecule has 0 aromatic heterocycles. The number of rotatable bonds is 4. The van der Waals surface area contributed by atoms with Gasteiger partial charge >= 0.3 is 0 Å². The van der Waals surface area contributed by atoms with Crippen molar-refractivity contribution in [1.29, 1.82) is 5.26 Å². The Morgan fingerprint density at radius 2 is 2.17 bits per heavy atom. The molecule has 0 unspecified atom stereocenters. The molecule has 1 aromatic carbocycles. The molecule has 0 atom stereocenters. The molecule has 1 N–H and O–H groups in total. The minimum atomic E-state index is -0.313. The van der Waals surface area contributed by atoms with E-state index < -0.39 is 0 Å². The highest BCUT2D eigenvalue weighted by atomic mass is 35.5. The van der Waals surface area contributed by atoms with Crippen molar-refractivity contribution in [3.63, 3.8) is 0 Å². The van der Waals surface area contributed by atoms with E-state index in [-0.39, 0.29) is 11.3 Å². The summed E-state index contributed by atoms with van der Waals surface area (Å²) in [4.78, 5) is 14.8. The topological polar surface area (TPSA) is 56.1 Å². The highest BCUT2D eigenvalue weighted by molar-refractivity contribution is 8.00. The molecule has 24 heavy (non-hydrogen) atoms. The molecule has 2 fully saturated rings. The maximum absolute atomic E-state index is 12.6. The number of nitrogens with one attached hydrogen (secondary N) is 1. The largest absolute Gasteiger partial charge is 0.370 e. The third-order valence-electron chi connectivity index (χ3n) is 5.09. The molecule has 2 aliphatic heterocycles. The van der Waals surface area contributed by atoms with E-state index in [2.05, 4.69) is 23.2 Å². The molecule has 0 bridgehead atoms. The van der Waals surface area contributed by atoms with Crippen LogP contribution in [-0.4, -0.2) is 37.0 Å². The number of nitriles is 1. The van der Waals surface area contributed by atoms with Crippen molar-refractivity contribution in [3.05, 3.63) is 28.8 Å². The quantitative estimate of drug-likeness (QED) is 0.891. The number of hydrogen-bond acceptors (Lipinski definition) is 4. The van der Waals surface area contributed by atoms with Crippen LogP contribution in [0.15, 0.2) is 18.2 Å². The monoisotopic (exact) mass is 363 g/mol. The molecule has 0 saturated carbocycles. The van der Waals surface area contributed by atoms with Gasteiger partial charge in [-0.3, -0.25) is 4.79 Å². The molecule has 1 amide bonds. The van der Waals surface area contributed by atoms with E-state index in [0.717, 1.165) is 49.7 Å². The van der Waals surface area contributed by atoms with Crippen LogP contribution in [-0.2, 0) is 4.79 Å². The molecule has 3 rings (SSSR count). The highest BCUT2D eigenvalue weighted by Crippen LogP contribution is 2.35. The molecule has 0 spiro atoms. The lowest BCUT2D eigenvalue weighted by atomic mass is 9.79. The van der Waals surface area contributed by atoms with Crippen molar-refractivity contribution >= 4 is 35.0 Å². The van der Waals surface area contributed by atoms with E-state index in [0.29, 0.717) is 16.5 Å². The fourth-order valence-corrected chi connectivity index (χ4v) is 4.17. The second-order valence-corrected chi connectivity index (χ2v) is 8.45. The SMILES string of the molecule is CC1(C(=O)NCC2CSC2)CCN(c2ccc(Cl)cc2C#N)CC1. The number of piperidine rings is 1. The molecule has 128 valence electrons. The lowest BCUT2D eigenvalue weighted by molar-refractivity contribution is -0.131.